The van der Waals surface area contributed by atoms with Gasteiger partial charge in [-0.1, -0.05) is 66.7 Å². The fourth-order valence-corrected chi connectivity index (χ4v) is 5.21. The van der Waals surface area contributed by atoms with Crippen LogP contribution in [0.5, 0.6) is 11.5 Å². The Labute approximate surface area is 190 Å². The molecule has 5 rings (SSSR count). The van der Waals surface area contributed by atoms with Gasteiger partial charge in [0.2, 0.25) is 9.84 Å². The highest BCUT2D eigenvalue weighted by atomic mass is 32.2. The molecule has 162 valence electrons. The molecule has 0 aliphatic carbocycles. The molecule has 0 aliphatic rings. The molecule has 0 radical (unpaired) electrons. The lowest BCUT2D eigenvalue weighted by Gasteiger charge is -2.13. The quantitative estimate of drug-likeness (QED) is 0.301. The van der Waals surface area contributed by atoms with E-state index in [9.17, 15) is 13.2 Å². The van der Waals surface area contributed by atoms with Crippen LogP contribution in [0.4, 0.5) is 0 Å². The Kier molecular flexibility index (Phi) is 5.28. The van der Waals surface area contributed by atoms with Crippen molar-refractivity contribution in [3.63, 3.8) is 0 Å². The summed E-state index contributed by atoms with van der Waals surface area (Å²) >= 11 is 0. The Hall–Kier alpha value is -4.16. The second-order valence-corrected chi connectivity index (χ2v) is 9.24. The predicted molar refractivity (Wildman–Crippen MR) is 126 cm³/mol. The lowest BCUT2D eigenvalue weighted by Crippen LogP contribution is -2.16. The minimum absolute atomic E-state index is 0.0258. The zero-order valence-corrected chi connectivity index (χ0v) is 18.2. The first-order valence-corrected chi connectivity index (χ1v) is 11.7. The molecule has 0 saturated heterocycles. The number of rotatable bonds is 5. The molecular weight excluding hydrogens is 436 g/mol. The number of benzene rings is 4. The van der Waals surface area contributed by atoms with Gasteiger partial charge >= 0.3 is 5.63 Å². The van der Waals surface area contributed by atoms with E-state index in [1.165, 1.54) is 12.1 Å². The Morgan fingerprint density at radius 3 is 1.94 bits per heavy atom. The van der Waals surface area contributed by atoms with Crippen molar-refractivity contribution in [3.05, 3.63) is 120 Å². The minimum atomic E-state index is -4.14. The highest BCUT2D eigenvalue weighted by Crippen LogP contribution is 2.37. The lowest BCUT2D eigenvalue weighted by atomic mass is 10.0. The summed E-state index contributed by atoms with van der Waals surface area (Å²) in [5.74, 6) is 1.10. The molecule has 0 atom stereocenters. The Bertz CT molecular complexity index is 1590. The molecule has 0 fully saturated rings. The molecule has 0 aliphatic heterocycles. The molecule has 4 aromatic carbocycles. The molecule has 0 unspecified atom stereocenters. The van der Waals surface area contributed by atoms with E-state index in [-0.39, 0.29) is 15.4 Å². The fraction of sp³-hybridized carbons (Fsp3) is 0. The third-order valence-electron chi connectivity index (χ3n) is 5.20. The van der Waals surface area contributed by atoms with Crippen molar-refractivity contribution in [2.45, 2.75) is 9.79 Å². The average molecular weight is 455 g/mol. The highest BCUT2D eigenvalue weighted by Gasteiger charge is 2.29. The molecule has 0 amide bonds. The predicted octanol–water partition coefficient (Wildman–Crippen LogP) is 6.09. The standard InChI is InChI=1S/C27H18O5S/c28-27-26(33(29,30)22-14-8-3-9-15-22)25(19-10-4-1-5-11-19)23-17-16-21(18-24(23)32-27)31-20-12-6-2-7-13-20/h1-18H. The summed E-state index contributed by atoms with van der Waals surface area (Å²) in [5, 5.41) is 0.496. The third-order valence-corrected chi connectivity index (χ3v) is 7.00. The first-order valence-electron chi connectivity index (χ1n) is 10.2. The summed E-state index contributed by atoms with van der Waals surface area (Å²) in [7, 11) is -4.14. The van der Waals surface area contributed by atoms with Crippen LogP contribution >= 0.6 is 0 Å². The maximum atomic E-state index is 13.5. The zero-order chi connectivity index (χ0) is 22.8. The number of para-hydroxylation sites is 1. The smallest absolute Gasteiger partial charge is 0.356 e. The van der Waals surface area contributed by atoms with Crippen molar-refractivity contribution < 1.29 is 17.6 Å². The second kappa shape index (κ2) is 8.41. The van der Waals surface area contributed by atoms with Crippen LogP contribution in [-0.2, 0) is 9.84 Å². The molecule has 0 saturated carbocycles. The van der Waals surface area contributed by atoms with Crippen molar-refractivity contribution in [2.75, 3.05) is 0 Å². The maximum Gasteiger partial charge on any atom is 0.356 e. The first kappa shape index (κ1) is 20.7. The number of hydrogen-bond acceptors (Lipinski definition) is 5. The molecule has 0 bridgehead atoms. The van der Waals surface area contributed by atoms with Gasteiger partial charge in [-0.2, -0.15) is 0 Å². The molecule has 0 N–H and O–H groups in total. The van der Waals surface area contributed by atoms with Crippen LogP contribution in [0.1, 0.15) is 0 Å². The monoisotopic (exact) mass is 454 g/mol. The van der Waals surface area contributed by atoms with E-state index in [0.717, 1.165) is 0 Å². The molecule has 5 aromatic rings. The number of fused-ring (bicyclic) bond motifs is 1. The number of ether oxygens (including phenoxy) is 1. The van der Waals surface area contributed by atoms with Gasteiger partial charge in [0.25, 0.3) is 0 Å². The minimum Gasteiger partial charge on any atom is -0.457 e. The van der Waals surface area contributed by atoms with Gasteiger partial charge in [-0.25, -0.2) is 13.2 Å². The maximum absolute atomic E-state index is 13.5. The molecule has 0 spiro atoms. The zero-order valence-electron chi connectivity index (χ0n) is 17.3. The average Bonchev–Trinajstić information content (AvgIpc) is 2.84. The van der Waals surface area contributed by atoms with Crippen LogP contribution in [0.2, 0.25) is 0 Å². The Morgan fingerprint density at radius 1 is 0.667 bits per heavy atom. The van der Waals surface area contributed by atoms with E-state index < -0.39 is 15.5 Å². The summed E-state index contributed by atoms with van der Waals surface area (Å²) in [6.07, 6.45) is 0. The number of hydrogen-bond donors (Lipinski definition) is 0. The van der Waals surface area contributed by atoms with Gasteiger partial charge in [-0.3, -0.25) is 0 Å². The molecule has 1 heterocycles. The van der Waals surface area contributed by atoms with Crippen LogP contribution in [0.15, 0.2) is 128 Å². The number of sulfone groups is 1. The lowest BCUT2D eigenvalue weighted by molar-refractivity contribution is 0.479. The normalized spacial score (nSPS) is 11.4. The summed E-state index contributed by atoms with van der Waals surface area (Å²) in [4.78, 5) is 12.8. The summed E-state index contributed by atoms with van der Waals surface area (Å²) in [5.41, 5.74) is 0.208. The highest BCUT2D eigenvalue weighted by molar-refractivity contribution is 7.91. The van der Waals surface area contributed by atoms with Gasteiger partial charge in [-0.05, 0) is 42.0 Å². The van der Waals surface area contributed by atoms with E-state index in [1.807, 2.05) is 36.4 Å². The van der Waals surface area contributed by atoms with Crippen molar-refractivity contribution in [2.24, 2.45) is 0 Å². The summed E-state index contributed by atoms with van der Waals surface area (Å²) < 4.78 is 38.4. The van der Waals surface area contributed by atoms with Gasteiger partial charge in [0, 0.05) is 17.0 Å². The van der Waals surface area contributed by atoms with Gasteiger partial charge in [0.15, 0.2) is 4.90 Å². The van der Waals surface area contributed by atoms with Crippen molar-refractivity contribution in [1.29, 1.82) is 0 Å². The van der Waals surface area contributed by atoms with E-state index in [0.29, 0.717) is 28.0 Å². The van der Waals surface area contributed by atoms with E-state index in [4.69, 9.17) is 9.15 Å². The van der Waals surface area contributed by atoms with Crippen LogP contribution in [0.3, 0.4) is 0 Å². The van der Waals surface area contributed by atoms with E-state index in [2.05, 4.69) is 0 Å². The molecular formula is C27H18O5S. The van der Waals surface area contributed by atoms with E-state index >= 15 is 0 Å². The van der Waals surface area contributed by atoms with Gasteiger partial charge in [-0.15, -0.1) is 0 Å². The Balaban J connectivity index is 1.77. The first-order chi connectivity index (χ1) is 16.0. The Morgan fingerprint density at radius 2 is 1.27 bits per heavy atom. The largest absolute Gasteiger partial charge is 0.457 e. The van der Waals surface area contributed by atoms with Crippen molar-refractivity contribution in [1.82, 2.24) is 0 Å². The van der Waals surface area contributed by atoms with Crippen LogP contribution in [0.25, 0.3) is 22.1 Å². The van der Waals surface area contributed by atoms with Crippen LogP contribution in [-0.4, -0.2) is 8.42 Å². The van der Waals surface area contributed by atoms with Gasteiger partial charge in [0.05, 0.1) is 4.90 Å². The molecule has 5 nitrogen and oxygen atoms in total. The topological polar surface area (TPSA) is 73.6 Å². The molecule has 1 aromatic heterocycles. The SMILES string of the molecule is O=c1oc2cc(Oc3ccccc3)ccc2c(-c2ccccc2)c1S(=O)(=O)c1ccccc1. The van der Waals surface area contributed by atoms with Gasteiger partial charge in [0.1, 0.15) is 17.1 Å². The molecule has 33 heavy (non-hydrogen) atoms. The van der Waals surface area contributed by atoms with Crippen molar-refractivity contribution >= 4 is 20.8 Å². The van der Waals surface area contributed by atoms with Gasteiger partial charge < -0.3 is 9.15 Å². The fourth-order valence-electron chi connectivity index (χ4n) is 3.71. The van der Waals surface area contributed by atoms with Crippen molar-refractivity contribution in [3.8, 4) is 22.6 Å². The summed E-state index contributed by atoms with van der Waals surface area (Å²) in [6.45, 7) is 0. The van der Waals surface area contributed by atoms with Crippen LogP contribution < -0.4 is 10.4 Å². The summed E-state index contributed by atoms with van der Waals surface area (Å²) in [6, 6.07) is 31.1. The molecule has 6 heteroatoms. The van der Waals surface area contributed by atoms with Crippen LogP contribution in [0, 0.1) is 0 Å². The second-order valence-electron chi connectivity index (χ2n) is 7.35. The van der Waals surface area contributed by atoms with E-state index in [1.54, 1.807) is 60.7 Å². The third kappa shape index (κ3) is 3.92.